The van der Waals surface area contributed by atoms with E-state index < -0.39 is 0 Å². The first-order valence-corrected chi connectivity index (χ1v) is 7.74. The maximum absolute atomic E-state index is 6.05. The van der Waals surface area contributed by atoms with Crippen LogP contribution in [0.25, 0.3) is 0 Å². The van der Waals surface area contributed by atoms with Crippen molar-refractivity contribution in [1.29, 1.82) is 0 Å². The number of nitrogens with one attached hydrogen (secondary N) is 1. The maximum Gasteiger partial charge on any atom is 0.0558 e. The molecule has 0 spiro atoms. The Morgan fingerprint density at radius 3 is 2.95 bits per heavy atom. The third kappa shape index (κ3) is 3.91. The summed E-state index contributed by atoms with van der Waals surface area (Å²) in [6.07, 6.45) is 7.18. The van der Waals surface area contributed by atoms with Crippen molar-refractivity contribution in [3.8, 4) is 0 Å². The van der Waals surface area contributed by atoms with Crippen LogP contribution >= 0.6 is 11.6 Å². The molecule has 1 N–H and O–H groups in total. The summed E-state index contributed by atoms with van der Waals surface area (Å²) in [5.74, 6) is 0.800. The smallest absolute Gasteiger partial charge is 0.0558 e. The highest BCUT2D eigenvalue weighted by Gasteiger charge is 2.31. The Kier molecular flexibility index (Phi) is 4.36. The van der Waals surface area contributed by atoms with Crippen LogP contribution in [0.5, 0.6) is 0 Å². The van der Waals surface area contributed by atoms with Crippen molar-refractivity contribution in [3.63, 3.8) is 0 Å². The average molecular weight is 280 g/mol. The molecule has 1 aromatic rings. The second kappa shape index (κ2) is 6.21. The van der Waals surface area contributed by atoms with Crippen molar-refractivity contribution in [3.05, 3.63) is 29.0 Å². The van der Waals surface area contributed by atoms with Gasteiger partial charge in [0.05, 0.1) is 5.69 Å². The lowest BCUT2D eigenvalue weighted by molar-refractivity contribution is 0.191. The van der Waals surface area contributed by atoms with Crippen molar-refractivity contribution in [2.45, 2.75) is 38.3 Å². The molecule has 1 aliphatic carbocycles. The summed E-state index contributed by atoms with van der Waals surface area (Å²) >= 11 is 6.05. The Balaban J connectivity index is 1.60. The zero-order valence-corrected chi connectivity index (χ0v) is 12.1. The SMILES string of the molecule is Clc1ccnc(CN(CC2CCCNC2)C2CC2)c1. The van der Waals surface area contributed by atoms with Crippen LogP contribution in [0.1, 0.15) is 31.4 Å². The molecule has 1 atom stereocenters. The zero-order valence-electron chi connectivity index (χ0n) is 11.3. The fourth-order valence-corrected chi connectivity index (χ4v) is 3.12. The van der Waals surface area contributed by atoms with Crippen LogP contribution in [-0.4, -0.2) is 35.6 Å². The molecule has 0 aromatic carbocycles. The molecule has 0 radical (unpaired) electrons. The maximum atomic E-state index is 6.05. The van der Waals surface area contributed by atoms with Gasteiger partial charge in [0.1, 0.15) is 0 Å². The molecule has 1 saturated heterocycles. The molecule has 19 heavy (non-hydrogen) atoms. The number of piperidine rings is 1. The third-order valence-electron chi connectivity index (χ3n) is 4.10. The predicted octanol–water partition coefficient (Wildman–Crippen LogP) is 2.70. The van der Waals surface area contributed by atoms with Gasteiger partial charge in [-0.2, -0.15) is 0 Å². The molecule has 1 unspecified atom stereocenters. The molecule has 4 heteroatoms. The second-order valence-electron chi connectivity index (χ2n) is 5.84. The van der Waals surface area contributed by atoms with E-state index in [9.17, 15) is 0 Å². The molecule has 1 aromatic heterocycles. The van der Waals surface area contributed by atoms with Crippen molar-refractivity contribution < 1.29 is 0 Å². The van der Waals surface area contributed by atoms with Crippen molar-refractivity contribution in [1.82, 2.24) is 15.2 Å². The van der Waals surface area contributed by atoms with Crippen LogP contribution in [-0.2, 0) is 6.54 Å². The molecular formula is C15H22ClN3. The molecule has 1 saturated carbocycles. The number of nitrogens with zero attached hydrogens (tertiary/aromatic N) is 2. The Bertz CT molecular complexity index is 414. The van der Waals surface area contributed by atoms with Crippen LogP contribution in [0.15, 0.2) is 18.3 Å². The first kappa shape index (κ1) is 13.3. The van der Waals surface area contributed by atoms with E-state index in [0.717, 1.165) is 29.2 Å². The monoisotopic (exact) mass is 279 g/mol. The van der Waals surface area contributed by atoms with Gasteiger partial charge in [-0.1, -0.05) is 11.6 Å². The fraction of sp³-hybridized carbons (Fsp3) is 0.667. The van der Waals surface area contributed by atoms with E-state index in [1.165, 1.54) is 45.3 Å². The van der Waals surface area contributed by atoms with E-state index in [-0.39, 0.29) is 0 Å². The summed E-state index contributed by atoms with van der Waals surface area (Å²) in [5.41, 5.74) is 1.10. The second-order valence-corrected chi connectivity index (χ2v) is 6.27. The highest BCUT2D eigenvalue weighted by Crippen LogP contribution is 2.30. The minimum Gasteiger partial charge on any atom is -0.316 e. The highest BCUT2D eigenvalue weighted by molar-refractivity contribution is 6.30. The Hall–Kier alpha value is -0.640. The number of hydrogen-bond donors (Lipinski definition) is 1. The van der Waals surface area contributed by atoms with Crippen LogP contribution in [0.3, 0.4) is 0 Å². The molecule has 104 valence electrons. The summed E-state index contributed by atoms with van der Waals surface area (Å²) < 4.78 is 0. The lowest BCUT2D eigenvalue weighted by atomic mass is 9.99. The minimum atomic E-state index is 0.780. The van der Waals surface area contributed by atoms with Gasteiger partial charge in [-0.25, -0.2) is 0 Å². The summed E-state index contributed by atoms with van der Waals surface area (Å²) in [6.45, 7) is 4.51. The van der Waals surface area contributed by atoms with Crippen molar-refractivity contribution >= 4 is 11.6 Å². The molecule has 2 aliphatic rings. The molecule has 2 fully saturated rings. The van der Waals surface area contributed by atoms with Crippen LogP contribution < -0.4 is 5.32 Å². The Morgan fingerprint density at radius 1 is 1.37 bits per heavy atom. The number of rotatable bonds is 5. The topological polar surface area (TPSA) is 28.2 Å². The van der Waals surface area contributed by atoms with E-state index in [1.54, 1.807) is 0 Å². The predicted molar refractivity (Wildman–Crippen MR) is 78.3 cm³/mol. The average Bonchev–Trinajstić information content (AvgIpc) is 3.23. The van der Waals surface area contributed by atoms with Crippen molar-refractivity contribution in [2.24, 2.45) is 5.92 Å². The standard InChI is InChI=1S/C15H22ClN3/c16-13-5-7-18-14(8-13)11-19(15-3-4-15)10-12-2-1-6-17-9-12/h5,7-8,12,15,17H,1-4,6,9-11H2. The number of hydrogen-bond acceptors (Lipinski definition) is 3. The van der Waals surface area contributed by atoms with E-state index in [0.29, 0.717) is 0 Å². The van der Waals surface area contributed by atoms with Gasteiger partial charge in [-0.15, -0.1) is 0 Å². The van der Waals surface area contributed by atoms with E-state index in [2.05, 4.69) is 15.2 Å². The number of pyridine rings is 1. The summed E-state index contributed by atoms with van der Waals surface area (Å²) in [7, 11) is 0. The van der Waals surface area contributed by atoms with Crippen LogP contribution in [0.4, 0.5) is 0 Å². The lowest BCUT2D eigenvalue weighted by Gasteiger charge is -2.30. The normalized spacial score (nSPS) is 23.8. The molecule has 0 amide bonds. The van der Waals surface area contributed by atoms with Gasteiger partial charge in [-0.05, 0) is 56.8 Å². The summed E-state index contributed by atoms with van der Waals surface area (Å²) in [5, 5.41) is 4.30. The highest BCUT2D eigenvalue weighted by atomic mass is 35.5. The first-order valence-electron chi connectivity index (χ1n) is 7.36. The Morgan fingerprint density at radius 2 is 2.26 bits per heavy atom. The molecular weight excluding hydrogens is 258 g/mol. The van der Waals surface area contributed by atoms with Gasteiger partial charge < -0.3 is 5.32 Å². The van der Waals surface area contributed by atoms with Crippen LogP contribution in [0.2, 0.25) is 5.02 Å². The van der Waals surface area contributed by atoms with E-state index in [1.807, 2.05) is 18.3 Å². The summed E-state index contributed by atoms with van der Waals surface area (Å²) in [4.78, 5) is 7.05. The van der Waals surface area contributed by atoms with Gasteiger partial charge in [0.25, 0.3) is 0 Å². The van der Waals surface area contributed by atoms with Gasteiger partial charge in [0.15, 0.2) is 0 Å². The fourth-order valence-electron chi connectivity index (χ4n) is 2.94. The number of aromatic nitrogens is 1. The van der Waals surface area contributed by atoms with E-state index in [4.69, 9.17) is 11.6 Å². The third-order valence-corrected chi connectivity index (χ3v) is 4.33. The molecule has 3 rings (SSSR count). The van der Waals surface area contributed by atoms with Gasteiger partial charge in [-0.3, -0.25) is 9.88 Å². The number of halogens is 1. The Labute approximate surface area is 120 Å². The molecule has 2 heterocycles. The first-order chi connectivity index (χ1) is 9.31. The van der Waals surface area contributed by atoms with Crippen LogP contribution in [0, 0.1) is 5.92 Å². The molecule has 3 nitrogen and oxygen atoms in total. The lowest BCUT2D eigenvalue weighted by Crippen LogP contribution is -2.39. The molecule has 1 aliphatic heterocycles. The van der Waals surface area contributed by atoms with Gasteiger partial charge in [0.2, 0.25) is 0 Å². The molecule has 0 bridgehead atoms. The summed E-state index contributed by atoms with van der Waals surface area (Å²) in [6, 6.07) is 4.62. The zero-order chi connectivity index (χ0) is 13.1. The quantitative estimate of drug-likeness (QED) is 0.898. The van der Waals surface area contributed by atoms with Gasteiger partial charge in [0, 0.05) is 30.4 Å². The largest absolute Gasteiger partial charge is 0.316 e. The minimum absolute atomic E-state index is 0.780. The van der Waals surface area contributed by atoms with E-state index >= 15 is 0 Å². The van der Waals surface area contributed by atoms with Gasteiger partial charge >= 0.3 is 0 Å². The van der Waals surface area contributed by atoms with Crippen molar-refractivity contribution in [2.75, 3.05) is 19.6 Å².